The van der Waals surface area contributed by atoms with Crippen LogP contribution in [0.1, 0.15) is 6.92 Å². The van der Waals surface area contributed by atoms with Gasteiger partial charge in [-0.3, -0.25) is 17.5 Å². The van der Waals surface area contributed by atoms with Crippen LogP contribution in [0.5, 0.6) is 11.5 Å². The molecule has 6 aliphatic heterocycles. The van der Waals surface area contributed by atoms with E-state index in [0.717, 1.165) is 8.95 Å². The number of rotatable bonds is 16. The van der Waals surface area contributed by atoms with Crippen LogP contribution >= 0.6 is 31.9 Å². The van der Waals surface area contributed by atoms with E-state index in [1.807, 2.05) is 0 Å². The van der Waals surface area contributed by atoms with E-state index in [-0.39, 0.29) is 31.3 Å². The molecule has 404 valence electrons. The molecule has 8 rings (SSSR count). The van der Waals surface area contributed by atoms with Gasteiger partial charge >= 0.3 is 41.6 Å². The molecule has 6 heterocycles. The van der Waals surface area contributed by atoms with Crippen molar-refractivity contribution in [1.82, 2.24) is 0 Å². The van der Waals surface area contributed by atoms with Gasteiger partial charge in [-0.05, 0) is 48.5 Å². The van der Waals surface area contributed by atoms with E-state index in [1.165, 1.54) is 24.3 Å². The number of aliphatic hydroxyl groups excluding tert-OH is 2. The first kappa shape index (κ1) is 58.2. The van der Waals surface area contributed by atoms with Crippen LogP contribution in [-0.4, -0.2) is 185 Å². The van der Waals surface area contributed by atoms with Gasteiger partial charge in [0.25, 0.3) is 0 Å². The summed E-state index contributed by atoms with van der Waals surface area (Å²) in [6.45, 7) is 1.08. The van der Waals surface area contributed by atoms with Gasteiger partial charge in [-0.15, -0.1) is 0 Å². The third-order valence-corrected chi connectivity index (χ3v) is 14.5. The van der Waals surface area contributed by atoms with Crippen molar-refractivity contribution in [2.45, 2.75) is 92.9 Å². The standard InChI is InChI=1S/C19H18Br2O10S2.2C6H10O11S2/c1-11-17(30-32(22,23)28-14-6-2-12(20)3-7-14)16-10-26-19(27-16)18(11)31-33(24,25)29-15-8-4-13(21)5-9-15;2*7-3-4(16-18(8,9)10)2-1-14-6(15-2)5(3)17-19(11,12)13/h2-9,11,16-19H,10H2,1H3;2*2-7H,1H2,(H,8,9,10)(H,11,12,13)/p-2/t11-,16?,17-,18?,19+;2*2?,3-,4+,5?,6+/m000/s1. The summed E-state index contributed by atoms with van der Waals surface area (Å²) in [5.41, 5.74) is 0. The second-order valence-electron chi connectivity index (χ2n) is 14.9. The van der Waals surface area contributed by atoms with E-state index in [2.05, 4.69) is 48.6 Å². The molecule has 6 fully saturated rings. The first-order valence-corrected chi connectivity index (χ1v) is 28.8. The van der Waals surface area contributed by atoms with Crippen LogP contribution in [0.25, 0.3) is 0 Å². The van der Waals surface area contributed by atoms with Gasteiger partial charge in [-0.1, -0.05) is 38.8 Å². The highest BCUT2D eigenvalue weighted by molar-refractivity contribution is 9.10. The van der Waals surface area contributed by atoms with Gasteiger partial charge in [-0.2, -0.15) is 33.7 Å². The second-order valence-corrected chi connectivity index (χ2v) is 23.2. The fraction of sp³-hybridized carbons (Fsp3) is 0.613. The zero-order chi connectivity index (χ0) is 52.6. The smallest absolute Gasteiger partial charge is 0.449 e. The number of hydrogen-bond donors (Lipinski definition) is 4. The summed E-state index contributed by atoms with van der Waals surface area (Å²) in [5.74, 6) is -0.699. The summed E-state index contributed by atoms with van der Waals surface area (Å²) in [5, 5.41) is 19.5. The van der Waals surface area contributed by atoms with E-state index in [9.17, 15) is 69.8 Å². The van der Waals surface area contributed by atoms with Crippen molar-refractivity contribution in [1.29, 1.82) is 0 Å². The van der Waals surface area contributed by atoms with Gasteiger partial charge in [0.1, 0.15) is 66.4 Å². The van der Waals surface area contributed by atoms with E-state index in [1.54, 1.807) is 31.2 Å². The third kappa shape index (κ3) is 16.7. The van der Waals surface area contributed by atoms with Crippen molar-refractivity contribution in [3.63, 3.8) is 0 Å². The predicted octanol–water partition coefficient (Wildman–Crippen LogP) is -2.41. The second kappa shape index (κ2) is 22.7. The largest absolute Gasteiger partial charge is 0.726 e. The molecule has 0 radical (unpaired) electrons. The highest BCUT2D eigenvalue weighted by atomic mass is 79.9. The van der Waals surface area contributed by atoms with Crippen LogP contribution in [0.4, 0.5) is 0 Å². The van der Waals surface area contributed by atoms with Crippen molar-refractivity contribution in [2.75, 3.05) is 19.8 Å². The molecular weight excluding hydrogens is 1240 g/mol. The van der Waals surface area contributed by atoms with Gasteiger partial charge in [0.2, 0.25) is 20.8 Å². The van der Waals surface area contributed by atoms with E-state index in [4.69, 9.17) is 54.3 Å². The number of benzene rings is 2. The molecule has 6 aliphatic rings. The number of hydrogen-bond acceptors (Lipinski definition) is 30. The van der Waals surface area contributed by atoms with Crippen LogP contribution < -0.4 is 8.37 Å². The van der Waals surface area contributed by atoms with Crippen molar-refractivity contribution < 1.29 is 141 Å². The van der Waals surface area contributed by atoms with Crippen LogP contribution in [0.3, 0.4) is 0 Å². The zero-order valence-electron chi connectivity index (χ0n) is 34.8. The first-order valence-electron chi connectivity index (χ1n) is 19.2. The zero-order valence-corrected chi connectivity index (χ0v) is 42.9. The van der Waals surface area contributed by atoms with Gasteiger partial charge in [0, 0.05) is 14.9 Å². The monoisotopic (exact) mass is 1270 g/mol. The lowest BCUT2D eigenvalue weighted by atomic mass is 9.92. The summed E-state index contributed by atoms with van der Waals surface area (Å²) < 4.78 is 242. The minimum absolute atomic E-state index is 0.0129. The van der Waals surface area contributed by atoms with Gasteiger partial charge < -0.3 is 56.1 Å². The Kier molecular flexibility index (Phi) is 18.6. The molecule has 0 amide bonds. The Bertz CT molecular complexity index is 2570. The number of halogens is 2. The third-order valence-electron chi connectivity index (χ3n) is 9.89. The lowest BCUT2D eigenvalue weighted by Gasteiger charge is -2.37. The minimum atomic E-state index is -5.19. The highest BCUT2D eigenvalue weighted by Gasteiger charge is 2.56. The Balaban J connectivity index is 0.000000186. The number of fused-ring (bicyclic) bond motifs is 6. The lowest BCUT2D eigenvalue weighted by molar-refractivity contribution is -0.215. The average molecular weight is 1270 g/mol. The molecular formula is C31H36Br2O32S6-2. The summed E-state index contributed by atoms with van der Waals surface area (Å²) in [6.07, 6.45) is -19.6. The number of aliphatic hydroxyl groups is 2. The maximum absolute atomic E-state index is 12.5. The Morgan fingerprint density at radius 1 is 0.479 bits per heavy atom. The summed E-state index contributed by atoms with van der Waals surface area (Å²) >= 11 is 6.49. The van der Waals surface area contributed by atoms with Crippen molar-refractivity contribution in [3.05, 3.63) is 57.5 Å². The maximum Gasteiger partial charge on any atom is 0.449 e. The van der Waals surface area contributed by atoms with E-state index in [0.29, 0.717) is 0 Å². The first-order chi connectivity index (χ1) is 32.6. The molecule has 0 aromatic heterocycles. The van der Waals surface area contributed by atoms with Crippen molar-refractivity contribution in [3.8, 4) is 11.5 Å². The molecule has 6 unspecified atom stereocenters. The molecule has 40 heteroatoms. The predicted molar refractivity (Wildman–Crippen MR) is 224 cm³/mol. The SMILES string of the molecule is C[C@@H]1C(OS(=O)(=O)Oc2ccc(Br)cc2)[C@@H]2OCC(O2)[C@H]1OS(=O)(=O)Oc1ccc(Br)cc1.O=S(=O)([O-])OC1[C@@H]2OCC(O2)[C@@H](OS(=O)(=O)O)[C@@H]1O.O=S(=O)([O-])OC1[C@@H]2OCC(O2)[C@@H](OS(=O)(=O)O)[C@@H]1O. The molecule has 71 heavy (non-hydrogen) atoms. The maximum atomic E-state index is 12.5. The molecule has 0 spiro atoms. The molecule has 32 nitrogen and oxygen atoms in total. The van der Waals surface area contributed by atoms with Gasteiger partial charge in [0.15, 0.2) is 31.1 Å². The molecule has 6 bridgehead atoms. The average Bonchev–Trinajstić information content (AvgIpc) is 4.00. The fourth-order valence-electron chi connectivity index (χ4n) is 7.07. The van der Waals surface area contributed by atoms with E-state index < -0.39 is 154 Å². The quantitative estimate of drug-likeness (QED) is 0.100. The summed E-state index contributed by atoms with van der Waals surface area (Å²) in [4.78, 5) is 0. The molecule has 4 N–H and O–H groups in total. The molecule has 2 aromatic rings. The normalized spacial score (nSPS) is 33.8. The molecule has 0 saturated carbocycles. The van der Waals surface area contributed by atoms with E-state index >= 15 is 0 Å². The van der Waals surface area contributed by atoms with Crippen molar-refractivity contribution in [2.24, 2.45) is 5.92 Å². The van der Waals surface area contributed by atoms with Crippen LogP contribution in [-0.2, 0) is 116 Å². The van der Waals surface area contributed by atoms with Crippen LogP contribution in [0.15, 0.2) is 57.5 Å². The molecule has 6 saturated heterocycles. The summed E-state index contributed by atoms with van der Waals surface area (Å²) in [6, 6.07) is 12.2. The number of ether oxygens (including phenoxy) is 6. The Hall–Kier alpha value is -2.02. The fourth-order valence-corrected chi connectivity index (χ4v) is 11.5. The Labute approximate surface area is 420 Å². The van der Waals surface area contributed by atoms with Crippen LogP contribution in [0, 0.1) is 5.92 Å². The lowest BCUT2D eigenvalue weighted by Crippen LogP contribution is -2.56. The van der Waals surface area contributed by atoms with Gasteiger partial charge in [-0.25, -0.2) is 33.6 Å². The Morgan fingerprint density at radius 3 is 1.11 bits per heavy atom. The highest BCUT2D eigenvalue weighted by Crippen LogP contribution is 2.38. The topological polar surface area (TPSA) is 461 Å². The van der Waals surface area contributed by atoms with Crippen LogP contribution in [0.2, 0.25) is 0 Å². The Morgan fingerprint density at radius 2 is 0.789 bits per heavy atom. The molecule has 2 aromatic carbocycles. The molecule has 0 aliphatic carbocycles. The molecule has 15 atom stereocenters. The minimum Gasteiger partial charge on any atom is -0.726 e. The van der Waals surface area contributed by atoms with Crippen molar-refractivity contribution >= 4 is 94.3 Å². The summed E-state index contributed by atoms with van der Waals surface area (Å²) in [7, 11) is -29.3. The van der Waals surface area contributed by atoms with Gasteiger partial charge in [0.05, 0.1) is 19.8 Å².